The molecular formula is C22H26F3N5O2. The van der Waals surface area contributed by atoms with Gasteiger partial charge in [-0.1, -0.05) is 13.0 Å². The van der Waals surface area contributed by atoms with Crippen LogP contribution in [0.3, 0.4) is 0 Å². The second-order valence-corrected chi connectivity index (χ2v) is 7.57. The van der Waals surface area contributed by atoms with Crippen LogP contribution >= 0.6 is 0 Å². The Morgan fingerprint density at radius 3 is 2.59 bits per heavy atom. The van der Waals surface area contributed by atoms with Gasteiger partial charge in [0.2, 0.25) is 0 Å². The fourth-order valence-electron chi connectivity index (χ4n) is 3.54. The Kier molecular flexibility index (Phi) is 7.68. The minimum absolute atomic E-state index is 0.575. The second-order valence-electron chi connectivity index (χ2n) is 7.57. The van der Waals surface area contributed by atoms with Crippen LogP contribution in [0.4, 0.5) is 19.0 Å². The monoisotopic (exact) mass is 449 g/mol. The molecule has 0 spiro atoms. The van der Waals surface area contributed by atoms with Crippen molar-refractivity contribution in [3.8, 4) is 0 Å². The first kappa shape index (κ1) is 23.5. The lowest BCUT2D eigenvalue weighted by molar-refractivity contribution is -0.192. The molecule has 32 heavy (non-hydrogen) atoms. The molecule has 3 aromatic rings. The molecule has 0 amide bonds. The number of nitrogens with zero attached hydrogens (tertiary/aromatic N) is 3. The molecule has 10 heteroatoms. The van der Waals surface area contributed by atoms with Crippen LogP contribution in [-0.2, 0) is 17.8 Å². The minimum atomic E-state index is -5.08. The second kappa shape index (κ2) is 10.4. The summed E-state index contributed by atoms with van der Waals surface area (Å²) in [6.07, 6.45) is 1.86. The first-order valence-electron chi connectivity index (χ1n) is 10.4. The maximum absolute atomic E-state index is 10.6. The molecule has 4 rings (SSSR count). The van der Waals surface area contributed by atoms with Gasteiger partial charge in [0, 0.05) is 49.1 Å². The fourth-order valence-corrected chi connectivity index (χ4v) is 3.54. The van der Waals surface area contributed by atoms with E-state index in [0.29, 0.717) is 6.04 Å². The molecule has 1 aliphatic rings. The molecule has 1 aromatic carbocycles. The summed E-state index contributed by atoms with van der Waals surface area (Å²) in [5.41, 5.74) is 3.66. The molecule has 0 atom stereocenters. The van der Waals surface area contributed by atoms with Gasteiger partial charge in [-0.05, 0) is 48.4 Å². The van der Waals surface area contributed by atoms with Gasteiger partial charge in [-0.2, -0.15) is 13.2 Å². The molecule has 0 saturated carbocycles. The molecule has 1 aliphatic heterocycles. The van der Waals surface area contributed by atoms with Gasteiger partial charge in [-0.3, -0.25) is 0 Å². The molecule has 0 radical (unpaired) electrons. The molecule has 0 unspecified atom stereocenters. The zero-order chi connectivity index (χ0) is 23.1. The van der Waals surface area contributed by atoms with Crippen LogP contribution in [-0.4, -0.2) is 51.3 Å². The maximum Gasteiger partial charge on any atom is 0.490 e. The van der Waals surface area contributed by atoms with E-state index in [1.165, 1.54) is 16.5 Å². The van der Waals surface area contributed by atoms with Gasteiger partial charge in [-0.15, -0.1) is 0 Å². The molecule has 0 aliphatic carbocycles. The Hall–Kier alpha value is -3.14. The summed E-state index contributed by atoms with van der Waals surface area (Å²) < 4.78 is 31.7. The molecule has 7 nitrogen and oxygen atoms in total. The van der Waals surface area contributed by atoms with Gasteiger partial charge in [0.25, 0.3) is 0 Å². The first-order chi connectivity index (χ1) is 15.3. The number of hydrogen-bond acceptors (Lipinski definition) is 5. The van der Waals surface area contributed by atoms with E-state index in [0.717, 1.165) is 50.4 Å². The van der Waals surface area contributed by atoms with Crippen LogP contribution in [0.1, 0.15) is 31.0 Å². The van der Waals surface area contributed by atoms with E-state index >= 15 is 0 Å². The van der Waals surface area contributed by atoms with Crippen LogP contribution in [0.5, 0.6) is 0 Å². The van der Waals surface area contributed by atoms with Crippen LogP contribution in [0.2, 0.25) is 0 Å². The van der Waals surface area contributed by atoms with Crippen molar-refractivity contribution in [3.63, 3.8) is 0 Å². The fraction of sp³-hybridized carbons (Fsp3) is 0.409. The zero-order valence-corrected chi connectivity index (χ0v) is 17.7. The Balaban J connectivity index is 0.000000360. The highest BCUT2D eigenvalue weighted by atomic mass is 19.4. The van der Waals surface area contributed by atoms with E-state index in [2.05, 4.69) is 62.4 Å². The SMILES string of the molecule is CCc1cc(N2CCC(NCc3ccc4[nH]ccc4c3)CC2)ncn1.O=C(O)C(F)(F)F. The summed E-state index contributed by atoms with van der Waals surface area (Å²) in [6, 6.07) is 11.5. The Morgan fingerprint density at radius 1 is 1.22 bits per heavy atom. The summed E-state index contributed by atoms with van der Waals surface area (Å²) in [5, 5.41) is 12.1. The van der Waals surface area contributed by atoms with E-state index in [-0.39, 0.29) is 0 Å². The van der Waals surface area contributed by atoms with E-state index in [1.807, 2.05) is 6.20 Å². The Bertz CT molecular complexity index is 1030. The van der Waals surface area contributed by atoms with Crippen molar-refractivity contribution in [2.24, 2.45) is 0 Å². The maximum atomic E-state index is 10.6. The molecule has 172 valence electrons. The Morgan fingerprint density at radius 2 is 1.94 bits per heavy atom. The number of carboxylic acid groups (broad SMARTS) is 1. The number of carbonyl (C=O) groups is 1. The standard InChI is InChI=1S/C20H25N5.C2HF3O2/c1-2-17-12-20(24-14-23-17)25-9-6-18(7-10-25)22-13-15-3-4-19-16(11-15)5-8-21-19;3-2(4,5)1(6)7/h3-5,8,11-12,14,18,21-22H,2,6-7,9-10,13H2,1H3;(H,6,7). The van der Waals surface area contributed by atoms with Crippen molar-refractivity contribution in [2.75, 3.05) is 18.0 Å². The number of hydrogen-bond donors (Lipinski definition) is 3. The van der Waals surface area contributed by atoms with Crippen LogP contribution in [0.25, 0.3) is 10.9 Å². The normalized spacial score (nSPS) is 14.8. The molecule has 1 saturated heterocycles. The van der Waals surface area contributed by atoms with Gasteiger partial charge >= 0.3 is 12.1 Å². The van der Waals surface area contributed by atoms with Gasteiger partial charge in [-0.25, -0.2) is 14.8 Å². The predicted octanol–water partition coefficient (Wildman–Crippen LogP) is 3.91. The van der Waals surface area contributed by atoms with Crippen LogP contribution < -0.4 is 10.2 Å². The predicted molar refractivity (Wildman–Crippen MR) is 115 cm³/mol. The van der Waals surface area contributed by atoms with Crippen molar-refractivity contribution in [3.05, 3.63) is 54.1 Å². The largest absolute Gasteiger partial charge is 0.490 e. The van der Waals surface area contributed by atoms with Crippen molar-refractivity contribution in [1.29, 1.82) is 0 Å². The number of alkyl halides is 3. The lowest BCUT2D eigenvalue weighted by Crippen LogP contribution is -2.42. The average molecular weight is 449 g/mol. The lowest BCUT2D eigenvalue weighted by Gasteiger charge is -2.33. The molecule has 1 fully saturated rings. The number of fused-ring (bicyclic) bond motifs is 1. The molecule has 3 N–H and O–H groups in total. The van der Waals surface area contributed by atoms with Crippen molar-refractivity contribution in [1.82, 2.24) is 20.3 Å². The summed E-state index contributed by atoms with van der Waals surface area (Å²) >= 11 is 0. The van der Waals surface area contributed by atoms with Gasteiger partial charge < -0.3 is 20.3 Å². The molecular weight excluding hydrogens is 423 g/mol. The van der Waals surface area contributed by atoms with Crippen molar-refractivity contribution >= 4 is 22.7 Å². The number of nitrogens with one attached hydrogen (secondary N) is 2. The van der Waals surface area contributed by atoms with E-state index in [1.54, 1.807) is 6.33 Å². The quantitative estimate of drug-likeness (QED) is 0.547. The van der Waals surface area contributed by atoms with Crippen molar-refractivity contribution < 1.29 is 23.1 Å². The molecule has 0 bridgehead atoms. The Labute approximate surface area is 183 Å². The van der Waals surface area contributed by atoms with Gasteiger partial charge in [0.15, 0.2) is 0 Å². The first-order valence-corrected chi connectivity index (χ1v) is 10.4. The number of carboxylic acids is 1. The number of halogens is 3. The van der Waals surface area contributed by atoms with Gasteiger partial charge in [0.1, 0.15) is 12.1 Å². The number of aryl methyl sites for hydroxylation is 1. The van der Waals surface area contributed by atoms with Crippen molar-refractivity contribution in [2.45, 2.75) is 44.9 Å². The van der Waals surface area contributed by atoms with E-state index in [9.17, 15) is 13.2 Å². The summed E-state index contributed by atoms with van der Waals surface area (Å²) in [4.78, 5) is 23.3. The zero-order valence-electron chi connectivity index (χ0n) is 17.7. The third-order valence-corrected chi connectivity index (χ3v) is 5.35. The number of rotatable bonds is 5. The lowest BCUT2D eigenvalue weighted by atomic mass is 10.0. The number of aliphatic carboxylic acids is 1. The average Bonchev–Trinajstić information content (AvgIpc) is 3.26. The summed E-state index contributed by atoms with van der Waals surface area (Å²) in [7, 11) is 0. The van der Waals surface area contributed by atoms with Gasteiger partial charge in [0.05, 0.1) is 0 Å². The topological polar surface area (TPSA) is 94.1 Å². The van der Waals surface area contributed by atoms with Crippen LogP contribution in [0, 0.1) is 0 Å². The molecule has 2 aromatic heterocycles. The number of aromatic nitrogens is 3. The number of H-pyrrole nitrogens is 1. The highest BCUT2D eigenvalue weighted by molar-refractivity contribution is 5.79. The number of aromatic amines is 1. The third-order valence-electron chi connectivity index (χ3n) is 5.35. The third kappa shape index (κ3) is 6.43. The summed E-state index contributed by atoms with van der Waals surface area (Å²) in [6.45, 7) is 5.16. The highest BCUT2D eigenvalue weighted by Crippen LogP contribution is 2.19. The minimum Gasteiger partial charge on any atom is -0.475 e. The number of anilines is 1. The number of piperidine rings is 1. The molecule has 3 heterocycles. The van der Waals surface area contributed by atoms with Crippen LogP contribution in [0.15, 0.2) is 42.9 Å². The smallest absolute Gasteiger partial charge is 0.475 e. The van der Waals surface area contributed by atoms with E-state index in [4.69, 9.17) is 9.90 Å². The highest BCUT2D eigenvalue weighted by Gasteiger charge is 2.38. The summed E-state index contributed by atoms with van der Waals surface area (Å²) in [5.74, 6) is -1.68. The number of benzene rings is 1. The van der Waals surface area contributed by atoms with E-state index < -0.39 is 12.1 Å².